The fourth-order valence-electron chi connectivity index (χ4n) is 2.36. The van der Waals surface area contributed by atoms with E-state index in [1.807, 2.05) is 48.8 Å². The Morgan fingerprint density at radius 3 is 2.52 bits per heavy atom. The first-order valence-electron chi connectivity index (χ1n) is 8.08. The Bertz CT molecular complexity index is 516. The molecule has 0 aliphatic rings. The maximum atomic E-state index is 12.3. The minimum absolute atomic E-state index is 0. The predicted molar refractivity (Wildman–Crippen MR) is 106 cm³/mol. The summed E-state index contributed by atoms with van der Waals surface area (Å²) in [5.74, 6) is 0.761. The maximum absolute atomic E-state index is 12.3. The number of guanidine groups is 1. The molecule has 0 amide bonds. The zero-order valence-electron chi connectivity index (χ0n) is 15.3. The van der Waals surface area contributed by atoms with E-state index in [0.29, 0.717) is 26.1 Å². The fraction of sp³-hybridized carbons (Fsp3) is 0.688. The minimum atomic E-state index is -4.15. The minimum Gasteiger partial charge on any atom is -0.357 e. The van der Waals surface area contributed by atoms with E-state index >= 15 is 0 Å². The highest BCUT2D eigenvalue weighted by Gasteiger charge is 2.28. The fourth-order valence-corrected chi connectivity index (χ4v) is 2.36. The van der Waals surface area contributed by atoms with Crippen LogP contribution in [-0.2, 0) is 13.6 Å². The first kappa shape index (κ1) is 24.0. The molecule has 0 atom stereocenters. The van der Waals surface area contributed by atoms with Crippen molar-refractivity contribution >= 4 is 29.9 Å². The van der Waals surface area contributed by atoms with Gasteiger partial charge in [-0.2, -0.15) is 13.2 Å². The lowest BCUT2D eigenvalue weighted by Crippen LogP contribution is -2.39. The van der Waals surface area contributed by atoms with E-state index in [1.54, 1.807) is 0 Å². The number of nitrogens with zero attached hydrogens (tertiary/aromatic N) is 4. The monoisotopic (exact) mass is 475 g/mol. The van der Waals surface area contributed by atoms with Gasteiger partial charge >= 0.3 is 6.18 Å². The summed E-state index contributed by atoms with van der Waals surface area (Å²) in [6, 6.07) is 4.04. The van der Waals surface area contributed by atoms with Crippen molar-refractivity contribution in [2.75, 3.05) is 40.3 Å². The quantitative estimate of drug-likeness (QED) is 0.272. The number of rotatable bonds is 8. The van der Waals surface area contributed by atoms with Gasteiger partial charge < -0.3 is 14.8 Å². The van der Waals surface area contributed by atoms with Gasteiger partial charge in [0.1, 0.15) is 0 Å². The molecule has 1 rings (SSSR count). The van der Waals surface area contributed by atoms with Crippen molar-refractivity contribution in [2.24, 2.45) is 12.0 Å². The molecule has 0 aromatic carbocycles. The Morgan fingerprint density at radius 2 is 2.00 bits per heavy atom. The molecule has 9 heteroatoms. The van der Waals surface area contributed by atoms with Crippen LogP contribution in [0.15, 0.2) is 23.3 Å². The molecule has 0 fully saturated rings. The highest BCUT2D eigenvalue weighted by atomic mass is 127. The number of aromatic nitrogens is 1. The smallest absolute Gasteiger partial charge is 0.357 e. The molecule has 0 radical (unpaired) electrons. The molecular weight excluding hydrogens is 446 g/mol. The topological polar surface area (TPSA) is 35.8 Å². The number of alkyl halides is 3. The summed E-state index contributed by atoms with van der Waals surface area (Å²) in [6.07, 6.45) is -1.58. The number of hydrogen-bond donors (Lipinski definition) is 1. The van der Waals surface area contributed by atoms with Gasteiger partial charge in [0.2, 0.25) is 0 Å². The Morgan fingerprint density at radius 1 is 1.32 bits per heavy atom. The summed E-state index contributed by atoms with van der Waals surface area (Å²) in [6.45, 7) is 3.41. The van der Waals surface area contributed by atoms with E-state index in [9.17, 15) is 13.2 Å². The summed E-state index contributed by atoms with van der Waals surface area (Å²) in [5.41, 5.74) is 1.16. The first-order chi connectivity index (χ1) is 11.2. The second-order valence-electron chi connectivity index (χ2n) is 5.91. The molecule has 1 N–H and O–H groups in total. The molecule has 0 aliphatic heterocycles. The van der Waals surface area contributed by atoms with Crippen LogP contribution in [0.3, 0.4) is 0 Å². The van der Waals surface area contributed by atoms with E-state index in [0.717, 1.165) is 18.2 Å². The molecule has 0 spiro atoms. The van der Waals surface area contributed by atoms with Crippen molar-refractivity contribution in [1.29, 1.82) is 0 Å². The maximum Gasteiger partial charge on any atom is 0.401 e. The Hall–Kier alpha value is -0.970. The van der Waals surface area contributed by atoms with Crippen LogP contribution in [0.25, 0.3) is 0 Å². The van der Waals surface area contributed by atoms with Crippen molar-refractivity contribution in [3.05, 3.63) is 24.0 Å². The van der Waals surface area contributed by atoms with Crippen molar-refractivity contribution < 1.29 is 13.2 Å². The highest BCUT2D eigenvalue weighted by Crippen LogP contribution is 2.15. The molecule has 0 saturated heterocycles. The highest BCUT2D eigenvalue weighted by molar-refractivity contribution is 14.0. The third-order valence-electron chi connectivity index (χ3n) is 3.56. The van der Waals surface area contributed by atoms with Gasteiger partial charge in [0, 0.05) is 39.1 Å². The van der Waals surface area contributed by atoms with Crippen molar-refractivity contribution in [3.63, 3.8) is 0 Å². The summed E-state index contributed by atoms with van der Waals surface area (Å²) in [4.78, 5) is 7.79. The van der Waals surface area contributed by atoms with Gasteiger partial charge in [-0.1, -0.05) is 0 Å². The van der Waals surface area contributed by atoms with Crippen molar-refractivity contribution in [2.45, 2.75) is 26.1 Å². The lowest BCUT2D eigenvalue weighted by molar-refractivity contribution is -0.143. The van der Waals surface area contributed by atoms with Gasteiger partial charge in [0.05, 0.1) is 13.1 Å². The lowest BCUT2D eigenvalue weighted by Gasteiger charge is -2.22. The summed E-state index contributed by atoms with van der Waals surface area (Å²) in [7, 11) is 5.41. The number of hydrogen-bond acceptors (Lipinski definition) is 2. The lowest BCUT2D eigenvalue weighted by atomic mass is 10.4. The van der Waals surface area contributed by atoms with Gasteiger partial charge in [-0.25, -0.2) is 0 Å². The number of aryl methyl sites for hydroxylation is 1. The molecule has 0 saturated carbocycles. The van der Waals surface area contributed by atoms with Crippen molar-refractivity contribution in [3.8, 4) is 0 Å². The van der Waals surface area contributed by atoms with Gasteiger partial charge in [-0.05, 0) is 39.1 Å². The molecule has 1 aromatic rings. The van der Waals surface area contributed by atoms with Crippen LogP contribution in [0.2, 0.25) is 0 Å². The summed E-state index contributed by atoms with van der Waals surface area (Å²) >= 11 is 0. The van der Waals surface area contributed by atoms with E-state index < -0.39 is 12.7 Å². The summed E-state index contributed by atoms with van der Waals surface area (Å²) < 4.78 is 38.9. The Kier molecular flexibility index (Phi) is 11.2. The molecule has 5 nitrogen and oxygen atoms in total. The van der Waals surface area contributed by atoms with Crippen LogP contribution in [0.1, 0.15) is 19.0 Å². The Labute approximate surface area is 165 Å². The molecular formula is C16H29F3IN5. The first-order valence-corrected chi connectivity index (χ1v) is 8.08. The normalized spacial score (nSPS) is 12.2. The number of aliphatic imine (C=N–C) groups is 1. The van der Waals surface area contributed by atoms with Gasteiger partial charge in [-0.3, -0.25) is 9.89 Å². The SMILES string of the molecule is CCNC(=NCCCN(C)CC(F)(F)F)N(C)Cc1cccn1C.I. The molecule has 25 heavy (non-hydrogen) atoms. The van der Waals surface area contributed by atoms with E-state index in [4.69, 9.17) is 0 Å². The van der Waals surface area contributed by atoms with Crippen LogP contribution in [0.4, 0.5) is 13.2 Å². The van der Waals surface area contributed by atoms with E-state index in [1.165, 1.54) is 11.9 Å². The van der Waals surface area contributed by atoms with E-state index in [-0.39, 0.29) is 24.0 Å². The molecule has 1 aromatic heterocycles. The van der Waals surface area contributed by atoms with Gasteiger partial charge in [0.15, 0.2) is 5.96 Å². The standard InChI is InChI=1S/C16H28F3N5.HI/c1-5-20-15(24(4)12-14-8-6-11-23(14)3)21-9-7-10-22(2)13-16(17,18)19;/h6,8,11H,5,7,9-10,12-13H2,1-4H3,(H,20,21);1H. The van der Waals surface area contributed by atoms with Crippen molar-refractivity contribution in [1.82, 2.24) is 19.7 Å². The summed E-state index contributed by atoms with van der Waals surface area (Å²) in [5, 5.41) is 3.21. The van der Waals surface area contributed by atoms with Crippen LogP contribution >= 0.6 is 24.0 Å². The zero-order valence-corrected chi connectivity index (χ0v) is 17.6. The van der Waals surface area contributed by atoms with Gasteiger partial charge in [-0.15, -0.1) is 24.0 Å². The third kappa shape index (κ3) is 9.93. The molecule has 0 aliphatic carbocycles. The average molecular weight is 475 g/mol. The van der Waals surface area contributed by atoms with E-state index in [2.05, 4.69) is 10.3 Å². The molecule has 0 unspecified atom stereocenters. The second-order valence-corrected chi connectivity index (χ2v) is 5.91. The van der Waals surface area contributed by atoms with Crippen LogP contribution < -0.4 is 5.32 Å². The molecule has 0 bridgehead atoms. The molecule has 146 valence electrons. The van der Waals surface area contributed by atoms with Gasteiger partial charge in [0.25, 0.3) is 0 Å². The number of nitrogens with one attached hydrogen (secondary N) is 1. The molecule has 1 heterocycles. The zero-order chi connectivity index (χ0) is 18.2. The van der Waals surface area contributed by atoms with Crippen LogP contribution in [0, 0.1) is 0 Å². The third-order valence-corrected chi connectivity index (χ3v) is 3.56. The average Bonchev–Trinajstić information content (AvgIpc) is 2.85. The second kappa shape index (κ2) is 11.6. The largest absolute Gasteiger partial charge is 0.401 e. The van der Waals surface area contributed by atoms with Crippen LogP contribution in [-0.4, -0.2) is 66.8 Å². The van der Waals surface area contributed by atoms with Crippen LogP contribution in [0.5, 0.6) is 0 Å². The predicted octanol–water partition coefficient (Wildman–Crippen LogP) is 2.92. The number of halogens is 4. The Balaban J connectivity index is 0.00000576.